The second-order valence-electron chi connectivity index (χ2n) is 4.48. The molecule has 2 rings (SSSR count). The lowest BCUT2D eigenvalue weighted by Gasteiger charge is -2.12. The molecule has 0 aromatic heterocycles. The summed E-state index contributed by atoms with van der Waals surface area (Å²) >= 11 is 6.77. The number of amides is 2. The summed E-state index contributed by atoms with van der Waals surface area (Å²) in [6.07, 6.45) is -0.577. The molecule has 0 saturated carbocycles. The SMILES string of the molecule is CC(O)c1cccc(NC(=O)Nc2c(Br)cccc2Br)c1. The molecule has 21 heavy (non-hydrogen) atoms. The number of hydrogen-bond donors (Lipinski definition) is 3. The predicted octanol–water partition coefficient (Wildman–Crippen LogP) is 4.91. The van der Waals surface area contributed by atoms with Crippen molar-refractivity contribution < 1.29 is 9.90 Å². The molecule has 1 atom stereocenters. The molecule has 2 aromatic carbocycles. The molecule has 0 aliphatic heterocycles. The van der Waals surface area contributed by atoms with Gasteiger partial charge in [0.2, 0.25) is 0 Å². The van der Waals surface area contributed by atoms with Crippen LogP contribution in [0.25, 0.3) is 0 Å². The molecule has 2 amide bonds. The summed E-state index contributed by atoms with van der Waals surface area (Å²) in [6, 6.07) is 12.3. The van der Waals surface area contributed by atoms with Gasteiger partial charge in [0, 0.05) is 14.6 Å². The molecule has 0 fully saturated rings. The van der Waals surface area contributed by atoms with Crippen molar-refractivity contribution in [3.63, 3.8) is 0 Å². The van der Waals surface area contributed by atoms with Crippen molar-refractivity contribution in [1.82, 2.24) is 0 Å². The molecule has 1 unspecified atom stereocenters. The van der Waals surface area contributed by atoms with Crippen molar-refractivity contribution in [3.8, 4) is 0 Å². The van der Waals surface area contributed by atoms with Gasteiger partial charge in [0.05, 0.1) is 11.8 Å². The quantitative estimate of drug-likeness (QED) is 0.669. The third-order valence-electron chi connectivity index (χ3n) is 2.83. The van der Waals surface area contributed by atoms with Crippen LogP contribution in [0, 0.1) is 0 Å². The van der Waals surface area contributed by atoms with Crippen LogP contribution in [-0.4, -0.2) is 11.1 Å². The van der Waals surface area contributed by atoms with Gasteiger partial charge in [0.1, 0.15) is 0 Å². The Labute approximate surface area is 139 Å². The minimum atomic E-state index is -0.577. The molecule has 0 radical (unpaired) electrons. The number of urea groups is 1. The first kappa shape index (κ1) is 16.0. The first-order valence-corrected chi connectivity index (χ1v) is 7.86. The Morgan fingerprint density at radius 1 is 1.10 bits per heavy atom. The lowest BCUT2D eigenvalue weighted by Crippen LogP contribution is -2.20. The van der Waals surface area contributed by atoms with Crippen LogP contribution >= 0.6 is 31.9 Å². The molecule has 4 nitrogen and oxygen atoms in total. The summed E-state index contributed by atoms with van der Waals surface area (Å²) in [5.74, 6) is 0. The van der Waals surface area contributed by atoms with Crippen LogP contribution in [-0.2, 0) is 0 Å². The Balaban J connectivity index is 2.10. The highest BCUT2D eigenvalue weighted by atomic mass is 79.9. The van der Waals surface area contributed by atoms with E-state index < -0.39 is 6.10 Å². The van der Waals surface area contributed by atoms with E-state index in [2.05, 4.69) is 42.5 Å². The molecular formula is C15H14Br2N2O2. The maximum Gasteiger partial charge on any atom is 0.323 e. The van der Waals surface area contributed by atoms with Crippen molar-refractivity contribution in [1.29, 1.82) is 0 Å². The van der Waals surface area contributed by atoms with E-state index in [1.807, 2.05) is 18.2 Å². The number of anilines is 2. The zero-order valence-corrected chi connectivity index (χ0v) is 14.4. The fraction of sp³-hybridized carbons (Fsp3) is 0.133. The predicted molar refractivity (Wildman–Crippen MR) is 91.6 cm³/mol. The summed E-state index contributed by atoms with van der Waals surface area (Å²) in [6.45, 7) is 1.68. The third-order valence-corrected chi connectivity index (χ3v) is 4.15. The molecule has 0 saturated heterocycles. The van der Waals surface area contributed by atoms with Crippen molar-refractivity contribution in [2.45, 2.75) is 13.0 Å². The number of benzene rings is 2. The van der Waals surface area contributed by atoms with Gasteiger partial charge in [-0.2, -0.15) is 0 Å². The smallest absolute Gasteiger partial charge is 0.323 e. The van der Waals surface area contributed by atoms with Crippen molar-refractivity contribution >= 4 is 49.3 Å². The number of rotatable bonds is 3. The Morgan fingerprint density at radius 2 is 1.71 bits per heavy atom. The van der Waals surface area contributed by atoms with Crippen LogP contribution in [0.5, 0.6) is 0 Å². The van der Waals surface area contributed by atoms with Crippen LogP contribution in [0.3, 0.4) is 0 Å². The van der Waals surface area contributed by atoms with E-state index in [0.29, 0.717) is 11.4 Å². The maximum absolute atomic E-state index is 12.0. The van der Waals surface area contributed by atoms with E-state index in [1.54, 1.807) is 31.2 Å². The second-order valence-corrected chi connectivity index (χ2v) is 6.19. The van der Waals surface area contributed by atoms with Gasteiger partial charge in [0.15, 0.2) is 0 Å². The summed E-state index contributed by atoms with van der Waals surface area (Å²) in [4.78, 5) is 12.0. The average molecular weight is 414 g/mol. The molecule has 6 heteroatoms. The van der Waals surface area contributed by atoms with Crippen LogP contribution in [0.4, 0.5) is 16.2 Å². The number of aliphatic hydroxyl groups is 1. The minimum Gasteiger partial charge on any atom is -0.389 e. The topological polar surface area (TPSA) is 61.4 Å². The molecule has 110 valence electrons. The third kappa shape index (κ3) is 4.30. The Hall–Kier alpha value is -1.37. The van der Waals surface area contributed by atoms with E-state index in [-0.39, 0.29) is 6.03 Å². The molecule has 3 N–H and O–H groups in total. The zero-order chi connectivity index (χ0) is 15.4. The van der Waals surface area contributed by atoms with Crippen LogP contribution in [0.15, 0.2) is 51.4 Å². The molecule has 0 heterocycles. The van der Waals surface area contributed by atoms with Gasteiger partial charge < -0.3 is 15.7 Å². The van der Waals surface area contributed by atoms with Crippen LogP contribution in [0.1, 0.15) is 18.6 Å². The van der Waals surface area contributed by atoms with E-state index in [1.165, 1.54) is 0 Å². The number of halogens is 2. The lowest BCUT2D eigenvalue weighted by molar-refractivity contribution is 0.199. The van der Waals surface area contributed by atoms with Crippen LogP contribution < -0.4 is 10.6 Å². The maximum atomic E-state index is 12.0. The summed E-state index contributed by atoms with van der Waals surface area (Å²) < 4.78 is 1.56. The van der Waals surface area contributed by atoms with Crippen molar-refractivity contribution in [2.75, 3.05) is 10.6 Å². The normalized spacial score (nSPS) is 11.8. The van der Waals surface area contributed by atoms with Gasteiger partial charge in [-0.15, -0.1) is 0 Å². The number of nitrogens with one attached hydrogen (secondary N) is 2. The first-order valence-electron chi connectivity index (χ1n) is 6.27. The van der Waals surface area contributed by atoms with Gasteiger partial charge in [-0.25, -0.2) is 4.79 Å². The number of hydrogen-bond acceptors (Lipinski definition) is 2. The molecule has 0 bridgehead atoms. The summed E-state index contributed by atoms with van der Waals surface area (Å²) in [7, 11) is 0. The number of carbonyl (C=O) groups is 1. The molecule has 0 aliphatic carbocycles. The van der Waals surface area contributed by atoms with E-state index in [0.717, 1.165) is 14.5 Å². The largest absolute Gasteiger partial charge is 0.389 e. The summed E-state index contributed by atoms with van der Waals surface area (Å²) in [5.41, 5.74) is 2.02. The van der Waals surface area contributed by atoms with Crippen molar-refractivity contribution in [3.05, 3.63) is 57.0 Å². The highest BCUT2D eigenvalue weighted by molar-refractivity contribution is 9.11. The zero-order valence-electron chi connectivity index (χ0n) is 11.2. The van der Waals surface area contributed by atoms with Gasteiger partial charge in [-0.3, -0.25) is 0 Å². The standard InChI is InChI=1S/C15H14Br2N2O2/c1-9(20)10-4-2-5-11(8-10)18-15(21)19-14-12(16)6-3-7-13(14)17/h2-9,20H,1H3,(H2,18,19,21). The molecular weight excluding hydrogens is 400 g/mol. The fourth-order valence-electron chi connectivity index (χ4n) is 1.77. The van der Waals surface area contributed by atoms with Gasteiger partial charge in [-0.1, -0.05) is 18.2 Å². The molecule has 0 spiro atoms. The average Bonchev–Trinajstić information content (AvgIpc) is 2.43. The van der Waals surface area contributed by atoms with E-state index in [9.17, 15) is 9.90 Å². The van der Waals surface area contributed by atoms with E-state index >= 15 is 0 Å². The van der Waals surface area contributed by atoms with Gasteiger partial charge in [0.25, 0.3) is 0 Å². The van der Waals surface area contributed by atoms with Crippen molar-refractivity contribution in [2.24, 2.45) is 0 Å². The number of para-hydroxylation sites is 1. The summed E-state index contributed by atoms with van der Waals surface area (Å²) in [5, 5.41) is 15.1. The molecule has 2 aromatic rings. The minimum absolute atomic E-state index is 0.356. The van der Waals surface area contributed by atoms with E-state index in [4.69, 9.17) is 0 Å². The second kappa shape index (κ2) is 7.06. The molecule has 0 aliphatic rings. The lowest BCUT2D eigenvalue weighted by atomic mass is 10.1. The highest BCUT2D eigenvalue weighted by Gasteiger charge is 2.09. The Bertz CT molecular complexity index is 640. The van der Waals surface area contributed by atoms with Gasteiger partial charge in [-0.05, 0) is 68.6 Å². The van der Waals surface area contributed by atoms with Gasteiger partial charge >= 0.3 is 6.03 Å². The Kier molecular flexibility index (Phi) is 5.39. The first-order chi connectivity index (χ1) is 9.97. The number of carbonyl (C=O) groups excluding carboxylic acids is 1. The fourth-order valence-corrected chi connectivity index (χ4v) is 2.97. The number of aliphatic hydroxyl groups excluding tert-OH is 1. The highest BCUT2D eigenvalue weighted by Crippen LogP contribution is 2.30. The Morgan fingerprint density at radius 3 is 2.33 bits per heavy atom. The monoisotopic (exact) mass is 412 g/mol. The van der Waals surface area contributed by atoms with Crippen LogP contribution in [0.2, 0.25) is 0 Å².